The lowest BCUT2D eigenvalue weighted by molar-refractivity contribution is -0.139. The van der Waals surface area contributed by atoms with Gasteiger partial charge in [0.1, 0.15) is 5.82 Å². The number of halogens is 1. The highest BCUT2D eigenvalue weighted by Crippen LogP contribution is 2.36. The topological polar surface area (TPSA) is 95.6 Å². The number of pyridine rings is 1. The van der Waals surface area contributed by atoms with E-state index in [1.54, 1.807) is 24.4 Å². The summed E-state index contributed by atoms with van der Waals surface area (Å²) in [5, 5.41) is 28.8. The number of rotatable bonds is 8. The molecule has 2 unspecified atom stereocenters. The average Bonchev–Trinajstić information content (AvgIpc) is 3.00. The molecule has 0 aliphatic rings. The molecule has 0 saturated heterocycles. The van der Waals surface area contributed by atoms with E-state index in [0.29, 0.717) is 0 Å². The third-order valence-electron chi connectivity index (χ3n) is 4.85. The van der Waals surface area contributed by atoms with Gasteiger partial charge in [-0.3, -0.25) is 9.78 Å². The van der Waals surface area contributed by atoms with Gasteiger partial charge in [0.25, 0.3) is 0 Å². The molecule has 3 rings (SSSR count). The Balaban J connectivity index is 2.08. The first kappa shape index (κ1) is 21.7. The molecule has 3 aromatic rings. The van der Waals surface area contributed by atoms with Gasteiger partial charge in [-0.1, -0.05) is 18.2 Å². The van der Waals surface area contributed by atoms with Crippen LogP contribution in [-0.4, -0.2) is 43.0 Å². The highest BCUT2D eigenvalue weighted by Gasteiger charge is 2.20. The van der Waals surface area contributed by atoms with Crippen molar-refractivity contribution in [1.82, 2.24) is 9.55 Å². The summed E-state index contributed by atoms with van der Waals surface area (Å²) in [6.07, 6.45) is 2.30. The summed E-state index contributed by atoms with van der Waals surface area (Å²) in [5.74, 6) is -1.46. The van der Waals surface area contributed by atoms with Crippen molar-refractivity contribution in [3.05, 3.63) is 60.2 Å². The van der Waals surface area contributed by atoms with Crippen LogP contribution in [0.15, 0.2) is 48.7 Å². The Hall–Kier alpha value is -3.03. The lowest BCUT2D eigenvalue weighted by Crippen LogP contribution is -2.19. The van der Waals surface area contributed by atoms with Crippen LogP contribution < -0.4 is 0 Å². The summed E-state index contributed by atoms with van der Waals surface area (Å²) in [6.45, 7) is 4.07. The molecule has 0 saturated carbocycles. The summed E-state index contributed by atoms with van der Waals surface area (Å²) in [6, 6.07) is 10.0. The number of fused-ring (bicyclic) bond motifs is 1. The Morgan fingerprint density at radius 1 is 1.20 bits per heavy atom. The van der Waals surface area contributed by atoms with Crippen molar-refractivity contribution in [2.24, 2.45) is 0 Å². The van der Waals surface area contributed by atoms with Crippen molar-refractivity contribution in [2.45, 2.75) is 44.9 Å². The fourth-order valence-corrected chi connectivity index (χ4v) is 3.62. The van der Waals surface area contributed by atoms with Crippen molar-refractivity contribution < 1.29 is 24.5 Å². The Bertz CT molecular complexity index is 1060. The number of carboxylic acid groups (broad SMARTS) is 1. The van der Waals surface area contributed by atoms with Crippen LogP contribution in [0.25, 0.3) is 28.2 Å². The number of aliphatic hydroxyl groups is 2. The molecule has 6 nitrogen and oxygen atoms in total. The minimum atomic E-state index is -1.14. The summed E-state index contributed by atoms with van der Waals surface area (Å²) < 4.78 is 15.6. The average molecular weight is 412 g/mol. The zero-order valence-corrected chi connectivity index (χ0v) is 16.9. The summed E-state index contributed by atoms with van der Waals surface area (Å²) in [5.41, 5.74) is 4.07. The van der Waals surface area contributed by atoms with Crippen molar-refractivity contribution in [2.75, 3.05) is 0 Å². The summed E-state index contributed by atoms with van der Waals surface area (Å²) in [4.78, 5) is 15.3. The van der Waals surface area contributed by atoms with Crippen LogP contribution in [0.3, 0.4) is 0 Å². The molecule has 0 aliphatic heterocycles. The van der Waals surface area contributed by atoms with E-state index < -0.39 is 24.6 Å². The van der Waals surface area contributed by atoms with Crippen LogP contribution in [0.1, 0.15) is 38.4 Å². The number of hydrogen-bond donors (Lipinski definition) is 3. The maximum Gasteiger partial charge on any atom is 0.305 e. The van der Waals surface area contributed by atoms with E-state index >= 15 is 0 Å². The van der Waals surface area contributed by atoms with Gasteiger partial charge in [-0.2, -0.15) is 0 Å². The maximum absolute atomic E-state index is 13.5. The van der Waals surface area contributed by atoms with Crippen LogP contribution in [-0.2, 0) is 4.79 Å². The van der Waals surface area contributed by atoms with E-state index in [-0.39, 0.29) is 18.3 Å². The second-order valence-electron chi connectivity index (χ2n) is 7.52. The molecule has 2 atom stereocenters. The first-order chi connectivity index (χ1) is 14.3. The maximum atomic E-state index is 13.5. The predicted octanol–water partition coefficient (Wildman–Crippen LogP) is 4.02. The van der Waals surface area contributed by atoms with E-state index in [4.69, 9.17) is 5.11 Å². The Kier molecular flexibility index (Phi) is 6.64. The molecule has 0 fully saturated rings. The van der Waals surface area contributed by atoms with Crippen LogP contribution in [0.2, 0.25) is 0 Å². The minimum Gasteiger partial charge on any atom is -0.481 e. The van der Waals surface area contributed by atoms with Gasteiger partial charge in [0, 0.05) is 24.2 Å². The Morgan fingerprint density at radius 2 is 1.90 bits per heavy atom. The second-order valence-corrected chi connectivity index (χ2v) is 7.52. The van der Waals surface area contributed by atoms with Gasteiger partial charge >= 0.3 is 5.97 Å². The molecule has 7 heteroatoms. The third-order valence-corrected chi connectivity index (χ3v) is 4.85. The van der Waals surface area contributed by atoms with E-state index in [2.05, 4.69) is 9.55 Å². The van der Waals surface area contributed by atoms with Gasteiger partial charge in [-0.25, -0.2) is 4.39 Å². The molecule has 3 N–H and O–H groups in total. The molecule has 30 heavy (non-hydrogen) atoms. The number of aromatic nitrogens is 2. The number of nitrogens with zero attached hydrogens (tertiary/aromatic N) is 2. The molecule has 1 aromatic carbocycles. The monoisotopic (exact) mass is 412 g/mol. The number of benzene rings is 1. The lowest BCUT2D eigenvalue weighted by Gasteiger charge is -2.15. The molecule has 2 aromatic heterocycles. The third kappa shape index (κ3) is 4.75. The zero-order chi connectivity index (χ0) is 21.8. The molecular weight excluding hydrogens is 387 g/mol. The normalized spacial score (nSPS) is 13.9. The van der Waals surface area contributed by atoms with E-state index in [1.807, 2.05) is 26.0 Å². The number of carboxylic acids is 1. The van der Waals surface area contributed by atoms with Crippen LogP contribution in [0.5, 0.6) is 0 Å². The van der Waals surface area contributed by atoms with Crippen LogP contribution in [0, 0.1) is 5.82 Å². The standard InChI is InChI=1S/C23H25FN2O4/c1-14(2)26-19(10-9-17(27)12-18(28)13-21(29)30)22(15-5-7-16(24)8-6-15)23-20(26)4-3-11-25-23/h3-11,14,17-18,27-28H,12-13H2,1-2H3,(H,29,30). The molecule has 0 amide bonds. The van der Waals surface area contributed by atoms with Crippen molar-refractivity contribution in [1.29, 1.82) is 0 Å². The van der Waals surface area contributed by atoms with Gasteiger partial charge < -0.3 is 19.9 Å². The molecule has 2 heterocycles. The highest BCUT2D eigenvalue weighted by atomic mass is 19.1. The van der Waals surface area contributed by atoms with E-state index in [1.165, 1.54) is 18.2 Å². The van der Waals surface area contributed by atoms with Crippen molar-refractivity contribution in [3.8, 4) is 11.1 Å². The van der Waals surface area contributed by atoms with Gasteiger partial charge in [0.2, 0.25) is 0 Å². The van der Waals surface area contributed by atoms with Gasteiger partial charge in [-0.05, 0) is 49.8 Å². The number of hydrogen-bond acceptors (Lipinski definition) is 4. The molecule has 0 bridgehead atoms. The van der Waals surface area contributed by atoms with E-state index in [9.17, 15) is 19.4 Å². The molecule has 0 spiro atoms. The predicted molar refractivity (Wildman–Crippen MR) is 113 cm³/mol. The molecule has 0 radical (unpaired) electrons. The SMILES string of the molecule is CC(C)n1c(C=CC(O)CC(O)CC(=O)O)c(-c2ccc(F)cc2)c2ncccc21. The number of carbonyl (C=O) groups is 1. The van der Waals surface area contributed by atoms with Gasteiger partial charge in [0.15, 0.2) is 0 Å². The van der Waals surface area contributed by atoms with Gasteiger partial charge in [-0.15, -0.1) is 0 Å². The molecule has 0 aliphatic carbocycles. The van der Waals surface area contributed by atoms with E-state index in [0.717, 1.165) is 27.9 Å². The highest BCUT2D eigenvalue weighted by molar-refractivity contribution is 5.98. The molecular formula is C23H25FN2O4. The lowest BCUT2D eigenvalue weighted by atomic mass is 10.0. The molecule has 158 valence electrons. The Morgan fingerprint density at radius 3 is 2.53 bits per heavy atom. The number of aliphatic hydroxyl groups excluding tert-OH is 2. The van der Waals surface area contributed by atoms with Crippen molar-refractivity contribution in [3.63, 3.8) is 0 Å². The zero-order valence-electron chi connectivity index (χ0n) is 16.9. The van der Waals surface area contributed by atoms with Crippen molar-refractivity contribution >= 4 is 23.1 Å². The second kappa shape index (κ2) is 9.19. The van der Waals surface area contributed by atoms with Crippen LogP contribution >= 0.6 is 0 Å². The fourth-order valence-electron chi connectivity index (χ4n) is 3.62. The first-order valence-electron chi connectivity index (χ1n) is 9.79. The first-order valence-corrected chi connectivity index (χ1v) is 9.79. The Labute approximate surface area is 173 Å². The quantitative estimate of drug-likeness (QED) is 0.519. The largest absolute Gasteiger partial charge is 0.481 e. The van der Waals surface area contributed by atoms with Crippen LogP contribution in [0.4, 0.5) is 4.39 Å². The fraction of sp³-hybridized carbons (Fsp3) is 0.304. The summed E-state index contributed by atoms with van der Waals surface area (Å²) in [7, 11) is 0. The smallest absolute Gasteiger partial charge is 0.305 e. The minimum absolute atomic E-state index is 0.0836. The summed E-state index contributed by atoms with van der Waals surface area (Å²) >= 11 is 0. The number of aliphatic carboxylic acids is 1. The van der Waals surface area contributed by atoms with Gasteiger partial charge in [0.05, 0.1) is 35.4 Å².